The Morgan fingerprint density at radius 3 is 2.82 bits per heavy atom. The number of hydrogen-bond acceptors (Lipinski definition) is 5. The smallest absolute Gasteiger partial charge is 0.352 e. The van der Waals surface area contributed by atoms with Crippen molar-refractivity contribution in [3.8, 4) is 0 Å². The molecule has 0 bridgehead atoms. The third-order valence-corrected chi connectivity index (χ3v) is 4.20. The van der Waals surface area contributed by atoms with Crippen LogP contribution in [-0.4, -0.2) is 50.0 Å². The van der Waals surface area contributed by atoms with Gasteiger partial charge in [0, 0.05) is 5.75 Å². The van der Waals surface area contributed by atoms with Crippen LogP contribution >= 0.6 is 0 Å². The number of carbonyl (C=O) groups is 2. The SMILES string of the molecule is CO/N=C1\C(=O)N2C(C(=O)O)=C(C)CS(=O)[C@H]12. The second-order valence-corrected chi connectivity index (χ2v) is 5.14. The van der Waals surface area contributed by atoms with Crippen molar-refractivity contribution in [2.75, 3.05) is 12.9 Å². The highest BCUT2D eigenvalue weighted by molar-refractivity contribution is 7.87. The van der Waals surface area contributed by atoms with E-state index >= 15 is 0 Å². The molecule has 0 saturated carbocycles. The summed E-state index contributed by atoms with van der Waals surface area (Å²) in [6.07, 6.45) is 0. The van der Waals surface area contributed by atoms with Crippen LogP contribution in [0.5, 0.6) is 0 Å². The quantitative estimate of drug-likeness (QED) is 0.520. The van der Waals surface area contributed by atoms with E-state index in [1.54, 1.807) is 6.92 Å². The molecule has 0 aromatic heterocycles. The van der Waals surface area contributed by atoms with Crippen LogP contribution in [0, 0.1) is 0 Å². The van der Waals surface area contributed by atoms with Gasteiger partial charge in [0.05, 0.1) is 10.8 Å². The molecule has 1 fully saturated rings. The summed E-state index contributed by atoms with van der Waals surface area (Å²) >= 11 is 0. The van der Waals surface area contributed by atoms with E-state index in [2.05, 4.69) is 9.99 Å². The van der Waals surface area contributed by atoms with Gasteiger partial charge < -0.3 is 9.94 Å². The Morgan fingerprint density at radius 1 is 1.65 bits per heavy atom. The van der Waals surface area contributed by atoms with Crippen molar-refractivity contribution in [1.82, 2.24) is 4.90 Å². The van der Waals surface area contributed by atoms with Crippen molar-refractivity contribution in [3.63, 3.8) is 0 Å². The van der Waals surface area contributed by atoms with Crippen LogP contribution in [0.3, 0.4) is 0 Å². The normalized spacial score (nSPS) is 30.1. The molecule has 7 nitrogen and oxygen atoms in total. The summed E-state index contributed by atoms with van der Waals surface area (Å²) in [5.74, 6) is -1.64. The van der Waals surface area contributed by atoms with E-state index in [9.17, 15) is 13.8 Å². The summed E-state index contributed by atoms with van der Waals surface area (Å²) in [7, 11) is -0.103. The maximum absolute atomic E-state index is 11.8. The molecule has 1 N–H and O–H groups in total. The van der Waals surface area contributed by atoms with Crippen LogP contribution in [0.25, 0.3) is 0 Å². The third kappa shape index (κ3) is 1.55. The van der Waals surface area contributed by atoms with Gasteiger partial charge in [-0.1, -0.05) is 5.16 Å². The first kappa shape index (κ1) is 11.8. The molecule has 1 saturated heterocycles. The van der Waals surface area contributed by atoms with E-state index < -0.39 is 28.0 Å². The van der Waals surface area contributed by atoms with Gasteiger partial charge >= 0.3 is 5.97 Å². The molecule has 2 aliphatic heterocycles. The van der Waals surface area contributed by atoms with Gasteiger partial charge in [-0.15, -0.1) is 0 Å². The molecule has 92 valence electrons. The summed E-state index contributed by atoms with van der Waals surface area (Å²) in [4.78, 5) is 28.2. The Morgan fingerprint density at radius 2 is 2.29 bits per heavy atom. The number of aliphatic carboxylic acids is 1. The minimum absolute atomic E-state index is 0.0112. The number of carboxylic acid groups (broad SMARTS) is 1. The number of fused-ring (bicyclic) bond motifs is 1. The topological polar surface area (TPSA) is 96.3 Å². The maximum atomic E-state index is 11.8. The first-order chi connectivity index (χ1) is 7.99. The number of nitrogens with zero attached hydrogens (tertiary/aromatic N) is 2. The molecule has 8 heteroatoms. The minimum Gasteiger partial charge on any atom is -0.477 e. The number of carbonyl (C=O) groups excluding carboxylic acids is 1. The Kier molecular flexibility index (Phi) is 2.74. The first-order valence-electron chi connectivity index (χ1n) is 4.73. The Labute approximate surface area is 99.2 Å². The first-order valence-corrected chi connectivity index (χ1v) is 6.12. The summed E-state index contributed by atoms with van der Waals surface area (Å²) in [6.45, 7) is 1.55. The Balaban J connectivity index is 2.46. The summed E-state index contributed by atoms with van der Waals surface area (Å²) in [5.41, 5.74) is 0.337. The van der Waals surface area contributed by atoms with E-state index in [0.717, 1.165) is 4.90 Å². The van der Waals surface area contributed by atoms with E-state index in [4.69, 9.17) is 5.11 Å². The molecule has 2 rings (SSSR count). The molecule has 2 heterocycles. The molecule has 0 aromatic rings. The minimum atomic E-state index is -1.37. The van der Waals surface area contributed by atoms with Gasteiger partial charge in [0.2, 0.25) is 0 Å². The van der Waals surface area contributed by atoms with E-state index in [0.29, 0.717) is 5.57 Å². The van der Waals surface area contributed by atoms with Gasteiger partial charge in [0.1, 0.15) is 12.8 Å². The van der Waals surface area contributed by atoms with Crippen LogP contribution in [0.1, 0.15) is 6.92 Å². The average Bonchev–Trinajstić information content (AvgIpc) is 2.25. The molecular formula is C9H10N2O5S. The van der Waals surface area contributed by atoms with Crippen molar-refractivity contribution in [2.45, 2.75) is 12.3 Å². The van der Waals surface area contributed by atoms with Crippen molar-refractivity contribution < 1.29 is 23.7 Å². The number of oxime groups is 1. The van der Waals surface area contributed by atoms with E-state index in [1.807, 2.05) is 0 Å². The van der Waals surface area contributed by atoms with E-state index in [-0.39, 0.29) is 17.2 Å². The van der Waals surface area contributed by atoms with Gasteiger partial charge in [-0.2, -0.15) is 0 Å². The van der Waals surface area contributed by atoms with Crippen LogP contribution < -0.4 is 0 Å². The van der Waals surface area contributed by atoms with Crippen LogP contribution in [0.15, 0.2) is 16.4 Å². The predicted octanol–water partition coefficient (Wildman–Crippen LogP) is -0.722. The lowest BCUT2D eigenvalue weighted by molar-refractivity contribution is -0.139. The van der Waals surface area contributed by atoms with Crippen LogP contribution in [0.2, 0.25) is 0 Å². The predicted molar refractivity (Wildman–Crippen MR) is 58.4 cm³/mol. The summed E-state index contributed by atoms with van der Waals surface area (Å²) in [5, 5.41) is 11.7. The lowest BCUT2D eigenvalue weighted by Gasteiger charge is -2.43. The van der Waals surface area contributed by atoms with Crippen molar-refractivity contribution in [2.24, 2.45) is 5.16 Å². The zero-order chi connectivity index (χ0) is 12.7. The van der Waals surface area contributed by atoms with Crippen molar-refractivity contribution in [3.05, 3.63) is 11.3 Å². The molecule has 1 unspecified atom stereocenters. The zero-order valence-corrected chi connectivity index (χ0v) is 9.98. The monoisotopic (exact) mass is 258 g/mol. The molecule has 2 atom stereocenters. The fourth-order valence-corrected chi connectivity index (χ4v) is 3.44. The molecule has 1 amide bonds. The fraction of sp³-hybridized carbons (Fsp3) is 0.444. The Hall–Kier alpha value is -1.70. The number of amides is 1. The lowest BCUT2D eigenvalue weighted by Crippen LogP contribution is -2.66. The van der Waals surface area contributed by atoms with Gasteiger partial charge in [-0.3, -0.25) is 13.9 Å². The Bertz CT molecular complexity index is 496. The second kappa shape index (κ2) is 3.95. The van der Waals surface area contributed by atoms with Crippen LogP contribution in [0.4, 0.5) is 0 Å². The highest BCUT2D eigenvalue weighted by Crippen LogP contribution is 2.32. The number of hydrogen-bond donors (Lipinski definition) is 1. The average molecular weight is 258 g/mol. The molecular weight excluding hydrogens is 248 g/mol. The molecule has 0 spiro atoms. The van der Waals surface area contributed by atoms with E-state index in [1.165, 1.54) is 7.11 Å². The van der Waals surface area contributed by atoms with Gasteiger partial charge in [0.25, 0.3) is 5.91 Å². The van der Waals surface area contributed by atoms with Gasteiger partial charge in [-0.05, 0) is 12.5 Å². The highest BCUT2D eigenvalue weighted by Gasteiger charge is 2.54. The molecule has 0 radical (unpaired) electrons. The number of carboxylic acids is 1. The molecule has 17 heavy (non-hydrogen) atoms. The number of rotatable bonds is 2. The fourth-order valence-electron chi connectivity index (χ4n) is 1.89. The maximum Gasteiger partial charge on any atom is 0.352 e. The van der Waals surface area contributed by atoms with Crippen molar-refractivity contribution >= 4 is 28.4 Å². The third-order valence-electron chi connectivity index (χ3n) is 2.55. The molecule has 2 aliphatic rings. The molecule has 0 aromatic carbocycles. The summed E-state index contributed by atoms with van der Waals surface area (Å²) in [6, 6.07) is 0. The van der Waals surface area contributed by atoms with Crippen molar-refractivity contribution in [1.29, 1.82) is 0 Å². The van der Waals surface area contributed by atoms with Gasteiger partial charge in [-0.25, -0.2) is 4.79 Å². The highest BCUT2D eigenvalue weighted by atomic mass is 32.2. The van der Waals surface area contributed by atoms with Crippen LogP contribution in [-0.2, 0) is 25.2 Å². The standard InChI is InChI=1S/C9H10N2O5S/c1-4-3-17(15)8-5(10-16-2)7(12)11(8)6(4)9(13)14/h8H,3H2,1-2H3,(H,13,14)/b10-5+/t8-,17?/m1/s1. The summed E-state index contributed by atoms with van der Waals surface area (Å²) < 4.78 is 11.8. The zero-order valence-electron chi connectivity index (χ0n) is 9.17. The van der Waals surface area contributed by atoms with Gasteiger partial charge in [0.15, 0.2) is 11.1 Å². The lowest BCUT2D eigenvalue weighted by atomic mass is 10.1. The second-order valence-electron chi connectivity index (χ2n) is 3.65. The number of β-lactam (4-membered cyclic amide) rings is 1. The molecule has 0 aliphatic carbocycles. The largest absolute Gasteiger partial charge is 0.477 e.